The Morgan fingerprint density at radius 1 is 0.533 bits per heavy atom. The molecular weight excluding hydrogens is 408 g/mol. The second-order valence-corrected chi connectivity index (χ2v) is 9.36. The van der Waals surface area contributed by atoms with Gasteiger partial charge in [-0.15, -0.1) is 0 Å². The Morgan fingerprint density at radius 2 is 0.967 bits per heavy atom. The van der Waals surface area contributed by atoms with E-state index in [9.17, 15) is 4.79 Å². The topological polar surface area (TPSA) is 41.1 Å². The van der Waals surface area contributed by atoms with E-state index >= 15 is 0 Å². The predicted octanol–water partition coefficient (Wildman–Crippen LogP) is 7.33. The molecule has 4 aromatic rings. The number of rotatable bonds is 2. The highest BCUT2D eigenvalue weighted by Gasteiger charge is 2.20. The molecule has 30 heavy (non-hydrogen) atoms. The fraction of sp³-hybridized carbons (Fsp3) is 0. The van der Waals surface area contributed by atoms with Crippen LogP contribution in [-0.4, -0.2) is 5.78 Å². The molecule has 0 unspecified atom stereocenters. The van der Waals surface area contributed by atoms with Gasteiger partial charge in [0.2, 0.25) is 0 Å². The molecule has 4 aromatic carbocycles. The monoisotopic (exact) mass is 424 g/mol. The van der Waals surface area contributed by atoms with Crippen molar-refractivity contribution in [2.75, 3.05) is 10.6 Å². The van der Waals surface area contributed by atoms with Gasteiger partial charge in [0.25, 0.3) is 0 Å². The molecule has 0 bridgehead atoms. The molecule has 0 radical (unpaired) electrons. The number of hydrogen-bond acceptors (Lipinski definition) is 5. The molecule has 0 atom stereocenters. The van der Waals surface area contributed by atoms with Crippen LogP contribution in [0.15, 0.2) is 105 Å². The maximum atomic E-state index is 13.2. The third-order valence-corrected chi connectivity index (χ3v) is 7.54. The quantitative estimate of drug-likeness (QED) is 0.285. The number of fused-ring (bicyclic) bond motifs is 4. The molecule has 6 rings (SSSR count). The van der Waals surface area contributed by atoms with Crippen molar-refractivity contribution in [2.24, 2.45) is 0 Å². The van der Waals surface area contributed by atoms with Gasteiger partial charge in [-0.2, -0.15) is 0 Å². The van der Waals surface area contributed by atoms with Crippen LogP contribution in [0.4, 0.5) is 22.7 Å². The van der Waals surface area contributed by atoms with E-state index in [-0.39, 0.29) is 5.78 Å². The summed E-state index contributed by atoms with van der Waals surface area (Å²) in [5.41, 5.74) is 5.48. The van der Waals surface area contributed by atoms with Gasteiger partial charge in [0, 0.05) is 30.7 Å². The van der Waals surface area contributed by atoms with Crippen molar-refractivity contribution in [3.05, 3.63) is 96.1 Å². The first-order valence-electron chi connectivity index (χ1n) is 9.65. The van der Waals surface area contributed by atoms with Crippen LogP contribution in [0.25, 0.3) is 0 Å². The lowest BCUT2D eigenvalue weighted by Crippen LogP contribution is -2.06. The van der Waals surface area contributed by atoms with Crippen LogP contribution >= 0.6 is 23.5 Å². The Balaban J connectivity index is 1.31. The maximum absolute atomic E-state index is 13.2. The van der Waals surface area contributed by atoms with Crippen molar-refractivity contribution >= 4 is 52.1 Å². The van der Waals surface area contributed by atoms with Crippen LogP contribution in [0.2, 0.25) is 0 Å². The zero-order valence-electron chi connectivity index (χ0n) is 15.8. The van der Waals surface area contributed by atoms with Gasteiger partial charge in [0.15, 0.2) is 5.78 Å². The Kier molecular flexibility index (Phi) is 4.11. The standard InChI is InChI=1S/C25H16N2OS2/c28-25(15-9-11-23-19(13-15)26-17-5-1-3-7-21(17)29-23)16-10-12-24-20(14-16)27-18-6-2-4-8-22(18)30-24/h1-14,26-27H. The highest BCUT2D eigenvalue weighted by molar-refractivity contribution is 8.00. The number of nitrogens with one attached hydrogen (secondary N) is 2. The lowest BCUT2D eigenvalue weighted by Gasteiger charge is -2.22. The summed E-state index contributed by atoms with van der Waals surface area (Å²) in [6.07, 6.45) is 0. The van der Waals surface area contributed by atoms with Crippen molar-refractivity contribution in [2.45, 2.75) is 19.6 Å². The first-order chi connectivity index (χ1) is 14.7. The SMILES string of the molecule is O=C(c1ccc2c(c1)Nc1ccccc1S2)c1ccc2c(c1)Nc1ccccc1S2. The van der Waals surface area contributed by atoms with Crippen molar-refractivity contribution < 1.29 is 4.79 Å². The molecule has 5 heteroatoms. The summed E-state index contributed by atoms with van der Waals surface area (Å²) in [5, 5.41) is 6.92. The predicted molar refractivity (Wildman–Crippen MR) is 124 cm³/mol. The van der Waals surface area contributed by atoms with Gasteiger partial charge in [-0.3, -0.25) is 4.79 Å². The van der Waals surface area contributed by atoms with Crippen molar-refractivity contribution in [3.8, 4) is 0 Å². The number of benzene rings is 4. The van der Waals surface area contributed by atoms with E-state index in [1.807, 2.05) is 60.7 Å². The number of carbonyl (C=O) groups excluding carboxylic acids is 1. The minimum absolute atomic E-state index is 0.0249. The van der Waals surface area contributed by atoms with Crippen LogP contribution in [-0.2, 0) is 0 Å². The lowest BCUT2D eigenvalue weighted by molar-refractivity contribution is 0.103. The molecule has 0 aliphatic carbocycles. The molecule has 2 N–H and O–H groups in total. The normalized spacial score (nSPS) is 13.1. The minimum atomic E-state index is 0.0249. The molecule has 2 heterocycles. The molecule has 0 saturated carbocycles. The van der Waals surface area contributed by atoms with E-state index in [0.29, 0.717) is 11.1 Å². The van der Waals surface area contributed by atoms with E-state index in [4.69, 9.17) is 0 Å². The largest absolute Gasteiger partial charge is 0.354 e. The lowest BCUT2D eigenvalue weighted by atomic mass is 10.0. The summed E-state index contributed by atoms with van der Waals surface area (Å²) in [7, 11) is 0. The Labute approximate surface area is 182 Å². The smallest absolute Gasteiger partial charge is 0.193 e. The Bertz CT molecular complexity index is 1230. The number of carbonyl (C=O) groups is 1. The van der Waals surface area contributed by atoms with Gasteiger partial charge in [-0.1, -0.05) is 47.8 Å². The van der Waals surface area contributed by atoms with Gasteiger partial charge in [0.05, 0.1) is 22.7 Å². The summed E-state index contributed by atoms with van der Waals surface area (Å²) in [4.78, 5) is 17.9. The second-order valence-electron chi connectivity index (χ2n) is 7.20. The van der Waals surface area contributed by atoms with Gasteiger partial charge in [-0.25, -0.2) is 0 Å². The number of anilines is 4. The van der Waals surface area contributed by atoms with Gasteiger partial charge < -0.3 is 10.6 Å². The van der Waals surface area contributed by atoms with Crippen LogP contribution in [0.3, 0.4) is 0 Å². The molecule has 144 valence electrons. The molecule has 0 fully saturated rings. The first kappa shape index (κ1) is 17.7. The number of ketones is 1. The summed E-state index contributed by atoms with van der Waals surface area (Å²) in [6, 6.07) is 28.2. The van der Waals surface area contributed by atoms with Crippen LogP contribution in [0, 0.1) is 0 Å². The van der Waals surface area contributed by atoms with Crippen molar-refractivity contribution in [1.29, 1.82) is 0 Å². The molecule has 2 aliphatic heterocycles. The molecule has 3 nitrogen and oxygen atoms in total. The summed E-state index contributed by atoms with van der Waals surface area (Å²) in [6.45, 7) is 0. The van der Waals surface area contributed by atoms with Crippen molar-refractivity contribution in [3.63, 3.8) is 0 Å². The van der Waals surface area contributed by atoms with E-state index in [1.54, 1.807) is 23.5 Å². The average molecular weight is 425 g/mol. The second kappa shape index (κ2) is 6.97. The number of para-hydroxylation sites is 2. The Morgan fingerprint density at radius 3 is 1.47 bits per heavy atom. The fourth-order valence-electron chi connectivity index (χ4n) is 3.73. The third-order valence-electron chi connectivity index (χ3n) is 5.24. The molecule has 0 aromatic heterocycles. The van der Waals surface area contributed by atoms with E-state index in [2.05, 4.69) is 34.9 Å². The molecular formula is C25H16N2OS2. The van der Waals surface area contributed by atoms with Crippen molar-refractivity contribution in [1.82, 2.24) is 0 Å². The maximum Gasteiger partial charge on any atom is 0.193 e. The molecule has 0 saturated heterocycles. The van der Waals surface area contributed by atoms with Crippen LogP contribution in [0.5, 0.6) is 0 Å². The molecule has 0 amide bonds. The van der Waals surface area contributed by atoms with Gasteiger partial charge in [0.1, 0.15) is 0 Å². The minimum Gasteiger partial charge on any atom is -0.354 e. The number of hydrogen-bond donors (Lipinski definition) is 2. The zero-order chi connectivity index (χ0) is 20.1. The molecule has 0 spiro atoms. The fourth-order valence-corrected chi connectivity index (χ4v) is 5.66. The molecule has 2 aliphatic rings. The van der Waals surface area contributed by atoms with Crippen LogP contribution in [0.1, 0.15) is 15.9 Å². The van der Waals surface area contributed by atoms with Gasteiger partial charge >= 0.3 is 0 Å². The zero-order valence-corrected chi connectivity index (χ0v) is 17.4. The van der Waals surface area contributed by atoms with E-state index in [1.165, 1.54) is 9.79 Å². The van der Waals surface area contributed by atoms with Crippen LogP contribution < -0.4 is 10.6 Å². The first-order valence-corrected chi connectivity index (χ1v) is 11.3. The highest BCUT2D eigenvalue weighted by atomic mass is 32.2. The third kappa shape index (κ3) is 2.98. The van der Waals surface area contributed by atoms with Gasteiger partial charge in [-0.05, 0) is 60.7 Å². The Hall–Kier alpha value is -3.15. The summed E-state index contributed by atoms with van der Waals surface area (Å²) < 4.78 is 0. The highest BCUT2D eigenvalue weighted by Crippen LogP contribution is 2.45. The van der Waals surface area contributed by atoms with E-state index < -0.39 is 0 Å². The summed E-state index contributed by atoms with van der Waals surface area (Å²) >= 11 is 3.45. The van der Waals surface area contributed by atoms with E-state index in [0.717, 1.165) is 32.5 Å². The average Bonchev–Trinajstić information content (AvgIpc) is 2.80. The summed E-state index contributed by atoms with van der Waals surface area (Å²) in [5.74, 6) is 0.0249.